The molecule has 0 radical (unpaired) electrons. The number of thioether (sulfide) groups is 1. The first-order valence-corrected chi connectivity index (χ1v) is 5.76. The van der Waals surface area contributed by atoms with Crippen LogP contribution in [0.15, 0.2) is 35.5 Å². The molecule has 0 amide bonds. The summed E-state index contributed by atoms with van der Waals surface area (Å²) in [5.41, 5.74) is 1.13. The van der Waals surface area contributed by atoms with Gasteiger partial charge in [-0.25, -0.2) is 0 Å². The van der Waals surface area contributed by atoms with Crippen LogP contribution in [0.4, 0.5) is 0 Å². The predicted molar refractivity (Wildman–Crippen MR) is 58.1 cm³/mol. The number of nitrogens with zero attached hydrogens (tertiary/aromatic N) is 4. The molecule has 1 atom stereocenters. The maximum Gasteiger partial charge on any atom is 0.252 e. The Bertz CT molecular complexity index is 525. The van der Waals surface area contributed by atoms with Gasteiger partial charge in [-0.3, -0.25) is 4.79 Å². The van der Waals surface area contributed by atoms with Crippen molar-refractivity contribution in [3.05, 3.63) is 35.9 Å². The first-order valence-electron chi connectivity index (χ1n) is 4.88. The molecule has 0 spiro atoms. The van der Waals surface area contributed by atoms with Gasteiger partial charge in [0.1, 0.15) is 0 Å². The van der Waals surface area contributed by atoms with Gasteiger partial charge in [-0.15, -0.1) is 5.10 Å². The number of aromatic nitrogens is 4. The van der Waals surface area contributed by atoms with Crippen LogP contribution in [0, 0.1) is 0 Å². The minimum atomic E-state index is -0.0485. The second-order valence-electron chi connectivity index (χ2n) is 3.49. The maximum absolute atomic E-state index is 11.7. The fourth-order valence-electron chi connectivity index (χ4n) is 1.68. The molecule has 2 aromatic rings. The molecule has 0 aliphatic carbocycles. The molecule has 3 rings (SSSR count). The zero-order chi connectivity index (χ0) is 11.0. The number of carbonyl (C=O) groups is 1. The van der Waals surface area contributed by atoms with Crippen LogP contribution in [-0.4, -0.2) is 26.1 Å². The molecule has 6 heteroatoms. The van der Waals surface area contributed by atoms with E-state index in [0.717, 1.165) is 5.56 Å². The summed E-state index contributed by atoms with van der Waals surface area (Å²) < 4.78 is 1.27. The van der Waals surface area contributed by atoms with Gasteiger partial charge in [0.2, 0.25) is 5.16 Å². The van der Waals surface area contributed by atoms with E-state index in [2.05, 4.69) is 15.5 Å². The Kier molecular flexibility index (Phi) is 2.21. The van der Waals surface area contributed by atoms with E-state index >= 15 is 0 Å². The van der Waals surface area contributed by atoms with Crippen molar-refractivity contribution in [2.24, 2.45) is 0 Å². The summed E-state index contributed by atoms with van der Waals surface area (Å²) in [6.07, 6.45) is 0.437. The zero-order valence-corrected chi connectivity index (χ0v) is 9.09. The van der Waals surface area contributed by atoms with Gasteiger partial charge in [-0.05, 0) is 16.0 Å². The van der Waals surface area contributed by atoms with E-state index in [9.17, 15) is 4.79 Å². The van der Waals surface area contributed by atoms with Crippen molar-refractivity contribution < 1.29 is 4.79 Å². The highest BCUT2D eigenvalue weighted by atomic mass is 32.2. The van der Waals surface area contributed by atoms with Crippen LogP contribution in [0.2, 0.25) is 0 Å². The largest absolute Gasteiger partial charge is 0.272 e. The topological polar surface area (TPSA) is 60.7 Å². The summed E-state index contributed by atoms with van der Waals surface area (Å²) in [5, 5.41) is 11.7. The Hall–Kier alpha value is -1.69. The number of rotatable bonds is 1. The lowest BCUT2D eigenvalue weighted by Crippen LogP contribution is -2.20. The second kappa shape index (κ2) is 3.71. The molecule has 80 valence electrons. The molecular formula is C10H8N4OS. The summed E-state index contributed by atoms with van der Waals surface area (Å²) in [5.74, 6) is -0.0485. The van der Waals surface area contributed by atoms with Gasteiger partial charge in [0.15, 0.2) is 0 Å². The average Bonchev–Trinajstić information content (AvgIpc) is 2.79. The Morgan fingerprint density at radius 3 is 2.94 bits per heavy atom. The normalized spacial score (nSPS) is 19.5. The lowest BCUT2D eigenvalue weighted by molar-refractivity contribution is 0.0866. The van der Waals surface area contributed by atoms with Crippen molar-refractivity contribution in [1.82, 2.24) is 20.2 Å². The van der Waals surface area contributed by atoms with E-state index in [0.29, 0.717) is 11.6 Å². The van der Waals surface area contributed by atoms with Crippen LogP contribution in [0.1, 0.15) is 22.0 Å². The fourth-order valence-corrected chi connectivity index (χ4v) is 2.77. The summed E-state index contributed by atoms with van der Waals surface area (Å²) in [4.78, 5) is 11.7. The van der Waals surface area contributed by atoms with Crippen LogP contribution in [-0.2, 0) is 0 Å². The Balaban J connectivity index is 1.95. The van der Waals surface area contributed by atoms with Crippen LogP contribution >= 0.6 is 11.8 Å². The van der Waals surface area contributed by atoms with E-state index in [-0.39, 0.29) is 11.2 Å². The van der Waals surface area contributed by atoms with Gasteiger partial charge in [-0.1, -0.05) is 42.1 Å². The van der Waals surface area contributed by atoms with E-state index in [1.165, 1.54) is 16.4 Å². The smallest absolute Gasteiger partial charge is 0.252 e. The summed E-state index contributed by atoms with van der Waals surface area (Å²) >= 11 is 1.53. The SMILES string of the molecule is O=C1CC(c2ccccc2)Sc2nnnn21. The molecule has 1 unspecified atom stereocenters. The molecule has 2 heterocycles. The summed E-state index contributed by atoms with van der Waals surface area (Å²) in [6.45, 7) is 0. The molecule has 1 aliphatic heterocycles. The Morgan fingerprint density at radius 1 is 1.31 bits per heavy atom. The number of benzene rings is 1. The van der Waals surface area contributed by atoms with E-state index < -0.39 is 0 Å². The van der Waals surface area contributed by atoms with Crippen LogP contribution in [0.3, 0.4) is 0 Å². The highest BCUT2D eigenvalue weighted by Crippen LogP contribution is 2.39. The van der Waals surface area contributed by atoms with Crippen LogP contribution in [0.25, 0.3) is 0 Å². The minimum absolute atomic E-state index is 0.0485. The third kappa shape index (κ3) is 1.51. The molecule has 0 N–H and O–H groups in total. The molecule has 16 heavy (non-hydrogen) atoms. The number of fused-ring (bicyclic) bond motifs is 1. The van der Waals surface area contributed by atoms with E-state index in [1.807, 2.05) is 30.3 Å². The average molecular weight is 232 g/mol. The molecule has 0 saturated carbocycles. The van der Waals surface area contributed by atoms with Crippen molar-refractivity contribution in [3.63, 3.8) is 0 Å². The highest BCUT2D eigenvalue weighted by Gasteiger charge is 2.28. The van der Waals surface area contributed by atoms with Gasteiger partial charge in [0, 0.05) is 11.7 Å². The predicted octanol–water partition coefficient (Wildman–Crippen LogP) is 1.55. The highest BCUT2D eigenvalue weighted by molar-refractivity contribution is 7.99. The monoisotopic (exact) mass is 232 g/mol. The van der Waals surface area contributed by atoms with Crippen molar-refractivity contribution in [2.45, 2.75) is 16.8 Å². The first kappa shape index (κ1) is 9.53. The van der Waals surface area contributed by atoms with E-state index in [4.69, 9.17) is 0 Å². The zero-order valence-electron chi connectivity index (χ0n) is 8.28. The minimum Gasteiger partial charge on any atom is -0.272 e. The van der Waals surface area contributed by atoms with Gasteiger partial charge >= 0.3 is 0 Å². The standard InChI is InChI=1S/C10H8N4OS/c15-9-6-8(7-4-2-1-3-5-7)16-10-11-12-13-14(9)10/h1-5,8H,6H2. The van der Waals surface area contributed by atoms with Gasteiger partial charge in [0.25, 0.3) is 5.91 Å². The number of hydrogen-bond donors (Lipinski definition) is 0. The molecule has 1 aromatic carbocycles. The Labute approximate surface area is 95.8 Å². The lowest BCUT2D eigenvalue weighted by atomic mass is 10.1. The third-order valence-corrected chi connectivity index (χ3v) is 3.64. The molecule has 0 bridgehead atoms. The van der Waals surface area contributed by atoms with Crippen molar-refractivity contribution in [3.8, 4) is 0 Å². The van der Waals surface area contributed by atoms with Crippen LogP contribution < -0.4 is 0 Å². The molecule has 1 aromatic heterocycles. The molecule has 5 nitrogen and oxygen atoms in total. The van der Waals surface area contributed by atoms with Gasteiger partial charge in [0.05, 0.1) is 0 Å². The van der Waals surface area contributed by atoms with Gasteiger partial charge < -0.3 is 0 Å². The third-order valence-electron chi connectivity index (χ3n) is 2.46. The van der Waals surface area contributed by atoms with Gasteiger partial charge in [-0.2, -0.15) is 4.68 Å². The molecular weight excluding hydrogens is 224 g/mol. The lowest BCUT2D eigenvalue weighted by Gasteiger charge is -2.19. The Morgan fingerprint density at radius 2 is 2.12 bits per heavy atom. The van der Waals surface area contributed by atoms with Crippen LogP contribution in [0.5, 0.6) is 0 Å². The van der Waals surface area contributed by atoms with Crippen molar-refractivity contribution >= 4 is 17.7 Å². The first-order chi connectivity index (χ1) is 7.84. The quantitative estimate of drug-likeness (QED) is 0.698. The summed E-state index contributed by atoms with van der Waals surface area (Å²) in [6, 6.07) is 9.94. The molecule has 0 fully saturated rings. The number of tetrazole rings is 1. The molecule has 1 aliphatic rings. The van der Waals surface area contributed by atoms with E-state index in [1.54, 1.807) is 0 Å². The fraction of sp³-hybridized carbons (Fsp3) is 0.200. The number of hydrogen-bond acceptors (Lipinski definition) is 5. The summed E-state index contributed by atoms with van der Waals surface area (Å²) in [7, 11) is 0. The number of carbonyl (C=O) groups excluding carboxylic acids is 1. The van der Waals surface area contributed by atoms with Crippen molar-refractivity contribution in [2.75, 3.05) is 0 Å². The maximum atomic E-state index is 11.7. The second-order valence-corrected chi connectivity index (χ2v) is 4.66. The molecule has 0 saturated heterocycles. The van der Waals surface area contributed by atoms with Crippen molar-refractivity contribution in [1.29, 1.82) is 0 Å².